The Kier molecular flexibility index (Phi) is 5.38. The molecule has 0 radical (unpaired) electrons. The molecule has 0 aliphatic rings. The van der Waals surface area contributed by atoms with E-state index in [4.69, 9.17) is 14.2 Å². The Morgan fingerprint density at radius 3 is 2.92 bits per heavy atom. The first-order valence-electron chi connectivity index (χ1n) is 8.83. The van der Waals surface area contributed by atoms with Crippen LogP contribution in [-0.2, 0) is 13.0 Å². The number of ether oxygens (including phenoxy) is 1. The molecule has 3 rings (SSSR count). The highest BCUT2D eigenvalue weighted by Gasteiger charge is 2.13. The molecule has 1 N–H and O–H groups in total. The molecule has 134 valence electrons. The Morgan fingerprint density at radius 1 is 1.36 bits per heavy atom. The number of rotatable bonds is 8. The quantitative estimate of drug-likeness (QED) is 0.679. The van der Waals surface area contributed by atoms with E-state index in [1.165, 1.54) is 0 Å². The summed E-state index contributed by atoms with van der Waals surface area (Å²) in [4.78, 5) is 4.76. The number of aryl methyl sites for hydroxylation is 2. The molecular formula is C19H26N4O2. The Labute approximate surface area is 148 Å². The molecule has 0 aliphatic carbocycles. The summed E-state index contributed by atoms with van der Waals surface area (Å²) >= 11 is 0. The van der Waals surface area contributed by atoms with Gasteiger partial charge in [-0.2, -0.15) is 0 Å². The van der Waals surface area contributed by atoms with Crippen molar-refractivity contribution in [1.29, 1.82) is 0 Å². The van der Waals surface area contributed by atoms with Gasteiger partial charge < -0.3 is 19.0 Å². The summed E-state index contributed by atoms with van der Waals surface area (Å²) < 4.78 is 13.2. The lowest BCUT2D eigenvalue weighted by atomic mass is 10.2. The van der Waals surface area contributed by atoms with Crippen LogP contribution in [0.4, 0.5) is 0 Å². The van der Waals surface area contributed by atoms with Gasteiger partial charge in [-0.05, 0) is 45.9 Å². The maximum Gasteiger partial charge on any atom is 0.179 e. The fourth-order valence-electron chi connectivity index (χ4n) is 2.88. The van der Waals surface area contributed by atoms with Crippen molar-refractivity contribution in [2.45, 2.75) is 53.2 Å². The minimum absolute atomic E-state index is 0.400. The van der Waals surface area contributed by atoms with Crippen LogP contribution < -0.4 is 10.1 Å². The molecule has 1 atom stereocenters. The normalized spacial score (nSPS) is 12.6. The minimum Gasteiger partial charge on any atom is -0.485 e. The zero-order chi connectivity index (χ0) is 17.8. The summed E-state index contributed by atoms with van der Waals surface area (Å²) in [6.45, 7) is 9.64. The molecule has 0 amide bonds. The van der Waals surface area contributed by atoms with Crippen molar-refractivity contribution in [2.75, 3.05) is 6.54 Å². The predicted molar refractivity (Wildman–Crippen MR) is 97.0 cm³/mol. The topological polar surface area (TPSA) is 64.6 Å². The standard InChI is InChI=1S/C19H26N4O2/c1-5-8-20-13(2)10-16-11-23-9-6-7-18(19(23)21-16)24-12-17-14(3)22-25-15(17)4/h6-7,9,11,13,20H,5,8,10,12H2,1-4H3. The monoisotopic (exact) mass is 342 g/mol. The highest BCUT2D eigenvalue weighted by Crippen LogP contribution is 2.22. The number of hydrogen-bond acceptors (Lipinski definition) is 5. The van der Waals surface area contributed by atoms with Crippen molar-refractivity contribution in [1.82, 2.24) is 19.9 Å². The molecule has 6 heteroatoms. The van der Waals surface area contributed by atoms with E-state index < -0.39 is 0 Å². The summed E-state index contributed by atoms with van der Waals surface area (Å²) in [6, 6.07) is 4.32. The van der Waals surface area contributed by atoms with Gasteiger partial charge in [0.2, 0.25) is 0 Å². The van der Waals surface area contributed by atoms with Gasteiger partial charge in [-0.15, -0.1) is 0 Å². The molecule has 0 saturated carbocycles. The molecule has 0 bridgehead atoms. The Bertz CT molecular complexity index is 818. The van der Waals surface area contributed by atoms with Crippen LogP contribution in [0.5, 0.6) is 5.75 Å². The average molecular weight is 342 g/mol. The van der Waals surface area contributed by atoms with E-state index >= 15 is 0 Å². The van der Waals surface area contributed by atoms with E-state index in [1.54, 1.807) is 0 Å². The van der Waals surface area contributed by atoms with E-state index in [0.29, 0.717) is 12.6 Å². The Hall–Kier alpha value is -2.34. The van der Waals surface area contributed by atoms with E-state index in [2.05, 4.69) is 30.5 Å². The van der Waals surface area contributed by atoms with Crippen molar-refractivity contribution >= 4 is 5.65 Å². The molecule has 0 saturated heterocycles. The van der Waals surface area contributed by atoms with Gasteiger partial charge in [0.15, 0.2) is 11.4 Å². The molecule has 1 unspecified atom stereocenters. The molecule has 3 heterocycles. The maximum absolute atomic E-state index is 6.01. The maximum atomic E-state index is 6.01. The number of hydrogen-bond donors (Lipinski definition) is 1. The lowest BCUT2D eigenvalue weighted by Crippen LogP contribution is -2.28. The smallest absolute Gasteiger partial charge is 0.179 e. The highest BCUT2D eigenvalue weighted by molar-refractivity contribution is 5.54. The van der Waals surface area contributed by atoms with Gasteiger partial charge in [0, 0.05) is 24.9 Å². The molecule has 3 aromatic heterocycles. The molecule has 0 spiro atoms. The zero-order valence-corrected chi connectivity index (χ0v) is 15.4. The third-order valence-electron chi connectivity index (χ3n) is 4.31. The van der Waals surface area contributed by atoms with Crippen LogP contribution in [0.25, 0.3) is 5.65 Å². The van der Waals surface area contributed by atoms with Crippen LogP contribution in [0.2, 0.25) is 0 Å². The average Bonchev–Trinajstić information content (AvgIpc) is 3.14. The number of pyridine rings is 1. The molecule has 0 aliphatic heterocycles. The van der Waals surface area contributed by atoms with Crippen LogP contribution in [0, 0.1) is 13.8 Å². The third kappa shape index (κ3) is 4.02. The Balaban J connectivity index is 1.75. The van der Waals surface area contributed by atoms with Crippen molar-refractivity contribution in [2.24, 2.45) is 0 Å². The molecule has 6 nitrogen and oxygen atoms in total. The molecule has 0 fully saturated rings. The first kappa shape index (κ1) is 17.5. The fraction of sp³-hybridized carbons (Fsp3) is 0.474. The van der Waals surface area contributed by atoms with Crippen LogP contribution in [0.15, 0.2) is 29.0 Å². The lowest BCUT2D eigenvalue weighted by Gasteiger charge is -2.10. The third-order valence-corrected chi connectivity index (χ3v) is 4.31. The number of imidazole rings is 1. The van der Waals surface area contributed by atoms with Crippen molar-refractivity contribution in [3.63, 3.8) is 0 Å². The SMILES string of the molecule is CCCNC(C)Cc1cn2cccc(OCc3c(C)noc3C)c2n1. The van der Waals surface area contributed by atoms with Gasteiger partial charge in [0.1, 0.15) is 12.4 Å². The van der Waals surface area contributed by atoms with E-state index in [1.807, 2.05) is 36.6 Å². The van der Waals surface area contributed by atoms with E-state index in [9.17, 15) is 0 Å². The summed E-state index contributed by atoms with van der Waals surface area (Å²) in [5.41, 5.74) is 3.76. The van der Waals surface area contributed by atoms with Gasteiger partial charge >= 0.3 is 0 Å². The molecule has 0 aromatic carbocycles. The second-order valence-electron chi connectivity index (χ2n) is 6.49. The van der Waals surface area contributed by atoms with E-state index in [0.717, 1.165) is 53.5 Å². The largest absolute Gasteiger partial charge is 0.485 e. The summed E-state index contributed by atoms with van der Waals surface area (Å²) in [5.74, 6) is 1.56. The van der Waals surface area contributed by atoms with Crippen LogP contribution >= 0.6 is 0 Å². The van der Waals surface area contributed by atoms with Crippen LogP contribution in [0.1, 0.15) is 43.0 Å². The van der Waals surface area contributed by atoms with Crippen molar-refractivity contribution in [3.8, 4) is 5.75 Å². The number of nitrogens with one attached hydrogen (secondary N) is 1. The van der Waals surface area contributed by atoms with Crippen molar-refractivity contribution < 1.29 is 9.26 Å². The minimum atomic E-state index is 0.400. The predicted octanol–water partition coefficient (Wildman–Crippen LogP) is 3.45. The Morgan fingerprint density at radius 2 is 2.20 bits per heavy atom. The van der Waals surface area contributed by atoms with Crippen LogP contribution in [-0.4, -0.2) is 27.1 Å². The van der Waals surface area contributed by atoms with Gasteiger partial charge in [-0.1, -0.05) is 12.1 Å². The summed E-state index contributed by atoms with van der Waals surface area (Å²) in [5, 5.41) is 7.47. The van der Waals surface area contributed by atoms with Crippen molar-refractivity contribution in [3.05, 3.63) is 47.2 Å². The second-order valence-corrected chi connectivity index (χ2v) is 6.49. The zero-order valence-electron chi connectivity index (χ0n) is 15.4. The first-order chi connectivity index (χ1) is 12.1. The van der Waals surface area contributed by atoms with Crippen LogP contribution in [0.3, 0.4) is 0 Å². The number of aromatic nitrogens is 3. The van der Waals surface area contributed by atoms with E-state index in [-0.39, 0.29) is 0 Å². The van der Waals surface area contributed by atoms with Gasteiger partial charge in [-0.3, -0.25) is 0 Å². The molecule has 25 heavy (non-hydrogen) atoms. The molecule has 3 aromatic rings. The lowest BCUT2D eigenvalue weighted by molar-refractivity contribution is 0.303. The summed E-state index contributed by atoms with van der Waals surface area (Å²) in [6.07, 6.45) is 6.10. The van der Waals surface area contributed by atoms with Gasteiger partial charge in [-0.25, -0.2) is 4.98 Å². The first-order valence-corrected chi connectivity index (χ1v) is 8.83. The number of nitrogens with zero attached hydrogens (tertiary/aromatic N) is 3. The summed E-state index contributed by atoms with van der Waals surface area (Å²) in [7, 11) is 0. The fourth-order valence-corrected chi connectivity index (χ4v) is 2.88. The second kappa shape index (κ2) is 7.70. The number of fused-ring (bicyclic) bond motifs is 1. The van der Waals surface area contributed by atoms with Gasteiger partial charge in [0.05, 0.1) is 17.0 Å². The highest BCUT2D eigenvalue weighted by atomic mass is 16.5. The molecular weight excluding hydrogens is 316 g/mol. The van der Waals surface area contributed by atoms with Gasteiger partial charge in [0.25, 0.3) is 0 Å².